The van der Waals surface area contributed by atoms with Crippen LogP contribution in [0.4, 0.5) is 0 Å². The average Bonchev–Trinajstić information content (AvgIpc) is 3.13. The van der Waals surface area contributed by atoms with Gasteiger partial charge in [-0.1, -0.05) is 30.3 Å². The standard InChI is InChI=1S/C16H20IN3O6/c17-15-14(23)12(13(22)11(7-21)26-15)20-6-10(18-19-20)16(24)25-8-9-4-2-1-3-5-9/h1-6,11-15,18-19,21-23H,7-8H2/t11-,12?,13+,14?,15-/m1/s1. The molecule has 1 aromatic rings. The van der Waals surface area contributed by atoms with Gasteiger partial charge in [-0.2, -0.15) is 0 Å². The Kier molecular flexibility index (Phi) is 6.32. The van der Waals surface area contributed by atoms with Gasteiger partial charge in [0.25, 0.3) is 0 Å². The van der Waals surface area contributed by atoms with Gasteiger partial charge in [0.15, 0.2) is 5.70 Å². The van der Waals surface area contributed by atoms with Crippen molar-refractivity contribution in [3.05, 3.63) is 47.8 Å². The normalized spacial score (nSPS) is 31.3. The number of rotatable bonds is 5. The molecule has 1 fully saturated rings. The first-order chi connectivity index (χ1) is 12.5. The van der Waals surface area contributed by atoms with Gasteiger partial charge < -0.3 is 24.8 Å². The molecule has 142 valence electrons. The number of hydrazine groups is 2. The maximum atomic E-state index is 12.2. The van der Waals surface area contributed by atoms with Gasteiger partial charge in [0.05, 0.1) is 12.8 Å². The monoisotopic (exact) mass is 477 g/mol. The lowest BCUT2D eigenvalue weighted by Gasteiger charge is -2.43. The lowest BCUT2D eigenvalue weighted by atomic mass is 9.97. The van der Waals surface area contributed by atoms with Crippen molar-refractivity contribution >= 4 is 28.6 Å². The number of benzene rings is 1. The van der Waals surface area contributed by atoms with Gasteiger partial charge in [-0.3, -0.25) is 10.4 Å². The average molecular weight is 477 g/mol. The topological polar surface area (TPSA) is 124 Å². The van der Waals surface area contributed by atoms with E-state index < -0.39 is 34.4 Å². The molecule has 3 rings (SSSR count). The molecule has 1 aromatic carbocycles. The van der Waals surface area contributed by atoms with Crippen molar-refractivity contribution in [2.45, 2.75) is 35.1 Å². The molecule has 26 heavy (non-hydrogen) atoms. The molecule has 0 saturated carbocycles. The number of hydrogen-bond acceptors (Lipinski definition) is 9. The Balaban J connectivity index is 1.65. The Morgan fingerprint density at radius 3 is 2.69 bits per heavy atom. The van der Waals surface area contributed by atoms with Gasteiger partial charge in [0.2, 0.25) is 0 Å². The van der Waals surface area contributed by atoms with Gasteiger partial charge in [0, 0.05) is 0 Å². The molecule has 2 unspecified atom stereocenters. The van der Waals surface area contributed by atoms with E-state index in [1.807, 2.05) is 52.9 Å². The first-order valence-electron chi connectivity index (χ1n) is 8.00. The molecule has 0 aromatic heterocycles. The molecule has 0 radical (unpaired) electrons. The summed E-state index contributed by atoms with van der Waals surface area (Å²) in [5.74, 6) is -0.579. The van der Waals surface area contributed by atoms with Crippen LogP contribution in [-0.2, 0) is 20.9 Å². The van der Waals surface area contributed by atoms with Crippen LogP contribution in [-0.4, -0.2) is 61.4 Å². The molecular formula is C16H20IN3O6. The minimum Gasteiger partial charge on any atom is -0.456 e. The first kappa shape index (κ1) is 19.3. The molecule has 2 aliphatic rings. The summed E-state index contributed by atoms with van der Waals surface area (Å²) in [5.41, 5.74) is 6.37. The van der Waals surface area contributed by atoms with E-state index in [4.69, 9.17) is 9.47 Å². The SMILES string of the molecule is O=C(OCc1ccccc1)C1=CN(C2C(O)[C@H](I)O[C@H](CO)[C@@H]2O)NN1. The van der Waals surface area contributed by atoms with Crippen LogP contribution in [0.3, 0.4) is 0 Å². The summed E-state index contributed by atoms with van der Waals surface area (Å²) in [4.78, 5) is 12.2. The molecule has 2 heterocycles. The van der Waals surface area contributed by atoms with Crippen molar-refractivity contribution in [3.63, 3.8) is 0 Å². The third-order valence-electron chi connectivity index (χ3n) is 4.18. The Morgan fingerprint density at radius 1 is 1.27 bits per heavy atom. The smallest absolute Gasteiger partial charge is 0.357 e. The van der Waals surface area contributed by atoms with Crippen molar-refractivity contribution in [1.82, 2.24) is 16.0 Å². The summed E-state index contributed by atoms with van der Waals surface area (Å²) in [7, 11) is 0. The highest BCUT2D eigenvalue weighted by Crippen LogP contribution is 2.28. The number of hydrogen-bond donors (Lipinski definition) is 5. The van der Waals surface area contributed by atoms with Gasteiger partial charge in [-0.15, -0.1) is 5.53 Å². The highest BCUT2D eigenvalue weighted by atomic mass is 127. The second-order valence-corrected chi connectivity index (χ2v) is 7.16. The Morgan fingerprint density at radius 2 is 2.00 bits per heavy atom. The molecule has 5 N–H and O–H groups in total. The van der Waals surface area contributed by atoms with Crippen LogP contribution in [0.5, 0.6) is 0 Å². The highest BCUT2D eigenvalue weighted by Gasteiger charge is 2.47. The van der Waals surface area contributed by atoms with Gasteiger partial charge in [-0.05, 0) is 28.2 Å². The molecule has 10 heteroatoms. The van der Waals surface area contributed by atoms with E-state index in [2.05, 4.69) is 11.0 Å². The number of ether oxygens (including phenoxy) is 2. The summed E-state index contributed by atoms with van der Waals surface area (Å²) >= 11 is 1.89. The zero-order chi connectivity index (χ0) is 18.7. The van der Waals surface area contributed by atoms with Gasteiger partial charge in [-0.25, -0.2) is 4.79 Å². The predicted octanol–water partition coefficient (Wildman–Crippen LogP) is -0.861. The fraction of sp³-hybridized carbons (Fsp3) is 0.438. The Bertz CT molecular complexity index is 661. The molecule has 0 amide bonds. The number of esters is 1. The number of aliphatic hydroxyl groups is 3. The summed E-state index contributed by atoms with van der Waals surface area (Å²) in [6, 6.07) is 8.45. The largest absolute Gasteiger partial charge is 0.456 e. The lowest BCUT2D eigenvalue weighted by molar-refractivity contribution is -0.184. The van der Waals surface area contributed by atoms with E-state index in [1.54, 1.807) is 0 Å². The highest BCUT2D eigenvalue weighted by molar-refractivity contribution is 14.1. The third kappa shape index (κ3) is 4.10. The maximum absolute atomic E-state index is 12.2. The number of carbonyl (C=O) groups excluding carboxylic acids is 1. The molecule has 2 aliphatic heterocycles. The van der Waals surface area contributed by atoms with E-state index in [1.165, 1.54) is 11.2 Å². The van der Waals surface area contributed by atoms with Crippen LogP contribution in [0, 0.1) is 0 Å². The number of halogens is 1. The van der Waals surface area contributed by atoms with Crippen LogP contribution in [0.25, 0.3) is 0 Å². The number of aliphatic hydroxyl groups excluding tert-OH is 3. The van der Waals surface area contributed by atoms with E-state index in [0.717, 1.165) is 5.56 Å². The molecule has 0 spiro atoms. The van der Waals surface area contributed by atoms with E-state index in [-0.39, 0.29) is 18.9 Å². The fourth-order valence-electron chi connectivity index (χ4n) is 2.78. The van der Waals surface area contributed by atoms with Crippen LogP contribution in [0.15, 0.2) is 42.2 Å². The second-order valence-electron chi connectivity index (χ2n) is 5.93. The van der Waals surface area contributed by atoms with Crippen molar-refractivity contribution in [1.29, 1.82) is 0 Å². The molecule has 5 atom stereocenters. The number of carbonyl (C=O) groups is 1. The van der Waals surface area contributed by atoms with E-state index in [9.17, 15) is 20.1 Å². The summed E-state index contributed by atoms with van der Waals surface area (Å²) in [5, 5.41) is 31.4. The maximum Gasteiger partial charge on any atom is 0.357 e. The minimum absolute atomic E-state index is 0.129. The molecular weight excluding hydrogens is 457 g/mol. The third-order valence-corrected chi connectivity index (χ3v) is 5.21. The first-order valence-corrected chi connectivity index (χ1v) is 9.25. The van der Waals surface area contributed by atoms with E-state index in [0.29, 0.717) is 0 Å². The van der Waals surface area contributed by atoms with Crippen LogP contribution >= 0.6 is 22.6 Å². The van der Waals surface area contributed by atoms with Crippen molar-refractivity contribution < 1.29 is 29.6 Å². The number of alkyl halides is 1. The Labute approximate surface area is 163 Å². The minimum atomic E-state index is -1.16. The quantitative estimate of drug-likeness (QED) is 0.210. The number of nitrogens with one attached hydrogen (secondary N) is 2. The molecule has 0 aliphatic carbocycles. The van der Waals surface area contributed by atoms with E-state index >= 15 is 0 Å². The van der Waals surface area contributed by atoms with Crippen molar-refractivity contribution in [2.75, 3.05) is 6.61 Å². The second kappa shape index (κ2) is 8.50. The Hall–Kier alpha value is -1.44. The molecule has 1 saturated heterocycles. The summed E-state index contributed by atoms with van der Waals surface area (Å²) in [6.07, 6.45) is -1.63. The summed E-state index contributed by atoms with van der Waals surface area (Å²) < 4.78 is 9.98. The zero-order valence-corrected chi connectivity index (χ0v) is 15.8. The lowest BCUT2D eigenvalue weighted by Crippen LogP contribution is -2.64. The summed E-state index contributed by atoms with van der Waals surface area (Å²) in [6.45, 7) is -0.259. The molecule has 0 bridgehead atoms. The number of nitrogens with zero attached hydrogens (tertiary/aromatic N) is 1. The predicted molar refractivity (Wildman–Crippen MR) is 98.0 cm³/mol. The van der Waals surface area contributed by atoms with Crippen molar-refractivity contribution in [2.24, 2.45) is 0 Å². The van der Waals surface area contributed by atoms with Gasteiger partial charge >= 0.3 is 5.97 Å². The van der Waals surface area contributed by atoms with Crippen LogP contribution < -0.4 is 11.0 Å². The van der Waals surface area contributed by atoms with Crippen molar-refractivity contribution in [3.8, 4) is 0 Å². The van der Waals surface area contributed by atoms with Gasteiger partial charge in [0.1, 0.15) is 35.1 Å². The van der Waals surface area contributed by atoms with Crippen LogP contribution in [0.1, 0.15) is 5.56 Å². The van der Waals surface area contributed by atoms with Crippen LogP contribution in [0.2, 0.25) is 0 Å². The molecule has 9 nitrogen and oxygen atoms in total. The fourth-order valence-corrected chi connectivity index (χ4v) is 3.58. The zero-order valence-electron chi connectivity index (χ0n) is 13.7.